The van der Waals surface area contributed by atoms with Gasteiger partial charge in [0.2, 0.25) is 5.91 Å². The lowest BCUT2D eigenvalue weighted by Gasteiger charge is -2.10. The van der Waals surface area contributed by atoms with Crippen LogP contribution in [0, 0.1) is 0 Å². The summed E-state index contributed by atoms with van der Waals surface area (Å²) in [6, 6.07) is 7.23. The molecule has 6 heteroatoms. The van der Waals surface area contributed by atoms with Crippen LogP contribution in [0.3, 0.4) is 0 Å². The lowest BCUT2D eigenvalue weighted by atomic mass is 10.0. The van der Waals surface area contributed by atoms with E-state index in [2.05, 4.69) is 4.98 Å². The molecule has 1 aliphatic carbocycles. The normalized spacial score (nSPS) is 13.3. The summed E-state index contributed by atoms with van der Waals surface area (Å²) in [5.41, 5.74) is 10.0. The van der Waals surface area contributed by atoms with Crippen molar-refractivity contribution in [2.24, 2.45) is 5.73 Å². The van der Waals surface area contributed by atoms with Gasteiger partial charge < -0.3 is 20.6 Å². The fourth-order valence-corrected chi connectivity index (χ4v) is 3.62. The van der Waals surface area contributed by atoms with E-state index in [1.165, 1.54) is 5.56 Å². The molecule has 3 aromatic rings. The predicted octanol–water partition coefficient (Wildman–Crippen LogP) is 2.37. The lowest BCUT2D eigenvalue weighted by molar-refractivity contribution is -0.139. The summed E-state index contributed by atoms with van der Waals surface area (Å²) in [7, 11) is 0. The SMILES string of the molecule is NC(=O)c1cccc2[nH]c3c4c(cc(OCC(=O)O)c3c12)CCC4. The number of aryl methyl sites for hydroxylation is 2. The molecule has 4 rings (SSSR count). The number of carboxylic acids is 1. The second-order valence-electron chi connectivity index (χ2n) is 6.02. The van der Waals surface area contributed by atoms with Crippen molar-refractivity contribution in [3.63, 3.8) is 0 Å². The third-order valence-electron chi connectivity index (χ3n) is 4.55. The Morgan fingerprint density at radius 3 is 2.83 bits per heavy atom. The first-order valence-electron chi connectivity index (χ1n) is 7.80. The second kappa shape index (κ2) is 5.26. The van der Waals surface area contributed by atoms with E-state index >= 15 is 0 Å². The summed E-state index contributed by atoms with van der Waals surface area (Å²) >= 11 is 0. The quantitative estimate of drug-likeness (QED) is 0.685. The molecule has 1 amide bonds. The van der Waals surface area contributed by atoms with Crippen LogP contribution in [0.5, 0.6) is 5.75 Å². The average molecular weight is 324 g/mol. The summed E-state index contributed by atoms with van der Waals surface area (Å²) in [5.74, 6) is -1.09. The number of aromatic amines is 1. The number of hydrogen-bond acceptors (Lipinski definition) is 3. The molecule has 0 radical (unpaired) electrons. The maximum absolute atomic E-state index is 11.8. The number of fused-ring (bicyclic) bond motifs is 5. The highest BCUT2D eigenvalue weighted by Gasteiger charge is 2.23. The number of carboxylic acid groups (broad SMARTS) is 1. The summed E-state index contributed by atoms with van der Waals surface area (Å²) < 4.78 is 5.54. The van der Waals surface area contributed by atoms with Crippen molar-refractivity contribution in [1.82, 2.24) is 4.98 Å². The highest BCUT2D eigenvalue weighted by molar-refractivity contribution is 6.20. The number of nitrogens with one attached hydrogen (secondary N) is 1. The van der Waals surface area contributed by atoms with E-state index in [-0.39, 0.29) is 0 Å². The van der Waals surface area contributed by atoms with Crippen LogP contribution in [0.4, 0.5) is 0 Å². The zero-order valence-electron chi connectivity index (χ0n) is 12.9. The van der Waals surface area contributed by atoms with Crippen LogP contribution >= 0.6 is 0 Å². The standard InChI is InChI=1S/C18H16N2O4/c19-18(23)11-5-2-6-12-15(11)16-13(24-8-14(21)22)7-9-3-1-4-10(9)17(16)20-12/h2,5-7,20H,1,3-4,8H2,(H2,19,23)(H,21,22). The van der Waals surface area contributed by atoms with Crippen LogP contribution in [0.15, 0.2) is 24.3 Å². The number of aromatic nitrogens is 1. The van der Waals surface area contributed by atoms with E-state index in [1.54, 1.807) is 12.1 Å². The predicted molar refractivity (Wildman–Crippen MR) is 89.5 cm³/mol. The minimum absolute atomic E-state index is 0.400. The molecule has 0 atom stereocenters. The number of carbonyl (C=O) groups excluding carboxylic acids is 1. The number of benzene rings is 2. The zero-order chi connectivity index (χ0) is 16.8. The first-order valence-corrected chi connectivity index (χ1v) is 7.80. The zero-order valence-corrected chi connectivity index (χ0v) is 12.9. The molecule has 4 N–H and O–H groups in total. The summed E-state index contributed by atoms with van der Waals surface area (Å²) in [5, 5.41) is 10.4. The number of ether oxygens (including phenoxy) is 1. The molecule has 0 spiro atoms. The lowest BCUT2D eigenvalue weighted by Crippen LogP contribution is -2.12. The Bertz CT molecular complexity index is 1000. The first-order chi connectivity index (χ1) is 11.6. The van der Waals surface area contributed by atoms with E-state index in [0.717, 1.165) is 41.2 Å². The third-order valence-corrected chi connectivity index (χ3v) is 4.55. The van der Waals surface area contributed by atoms with Crippen molar-refractivity contribution in [2.45, 2.75) is 19.3 Å². The summed E-state index contributed by atoms with van der Waals surface area (Å²) in [6.45, 7) is -0.431. The van der Waals surface area contributed by atoms with Gasteiger partial charge in [0.25, 0.3) is 0 Å². The highest BCUT2D eigenvalue weighted by Crippen LogP contribution is 2.41. The molecule has 2 aromatic carbocycles. The number of rotatable bonds is 4. The van der Waals surface area contributed by atoms with Gasteiger partial charge in [-0.3, -0.25) is 4.79 Å². The average Bonchev–Trinajstić information content (AvgIpc) is 3.15. The van der Waals surface area contributed by atoms with Gasteiger partial charge in [-0.2, -0.15) is 0 Å². The maximum atomic E-state index is 11.8. The molecular weight excluding hydrogens is 308 g/mol. The van der Waals surface area contributed by atoms with Crippen molar-refractivity contribution >= 4 is 33.7 Å². The fourth-order valence-electron chi connectivity index (χ4n) is 3.62. The Labute approximate surface area is 137 Å². The number of aliphatic carboxylic acids is 1. The van der Waals surface area contributed by atoms with Gasteiger partial charge >= 0.3 is 5.97 Å². The van der Waals surface area contributed by atoms with Gasteiger partial charge in [0.1, 0.15) is 5.75 Å². The van der Waals surface area contributed by atoms with E-state index < -0.39 is 18.5 Å². The molecule has 122 valence electrons. The van der Waals surface area contributed by atoms with Crippen LogP contribution in [0.25, 0.3) is 21.8 Å². The third kappa shape index (κ3) is 2.11. The molecule has 0 unspecified atom stereocenters. The molecule has 0 saturated heterocycles. The first kappa shape index (κ1) is 14.6. The molecule has 6 nitrogen and oxygen atoms in total. The molecule has 0 fully saturated rings. The Morgan fingerprint density at radius 1 is 1.25 bits per heavy atom. The van der Waals surface area contributed by atoms with Crippen LogP contribution in [-0.4, -0.2) is 28.6 Å². The molecule has 0 bridgehead atoms. The number of carbonyl (C=O) groups is 2. The Balaban J connectivity index is 2.09. The van der Waals surface area contributed by atoms with Crippen molar-refractivity contribution in [1.29, 1.82) is 0 Å². The fraction of sp³-hybridized carbons (Fsp3) is 0.222. The van der Waals surface area contributed by atoms with Crippen molar-refractivity contribution in [2.75, 3.05) is 6.61 Å². The van der Waals surface area contributed by atoms with Gasteiger partial charge in [-0.1, -0.05) is 6.07 Å². The topological polar surface area (TPSA) is 105 Å². The number of H-pyrrole nitrogens is 1. The molecule has 24 heavy (non-hydrogen) atoms. The number of nitrogens with two attached hydrogens (primary N) is 1. The molecule has 1 heterocycles. The minimum atomic E-state index is -1.04. The van der Waals surface area contributed by atoms with E-state index in [9.17, 15) is 9.59 Å². The number of primary amides is 1. The molecule has 0 saturated carbocycles. The van der Waals surface area contributed by atoms with Crippen molar-refractivity contribution in [3.05, 3.63) is 41.0 Å². The molecule has 1 aromatic heterocycles. The number of hydrogen-bond donors (Lipinski definition) is 3. The van der Waals surface area contributed by atoms with Crippen molar-refractivity contribution < 1.29 is 19.4 Å². The Morgan fingerprint density at radius 2 is 2.08 bits per heavy atom. The van der Waals surface area contributed by atoms with Gasteiger partial charge in [-0.25, -0.2) is 4.79 Å². The summed E-state index contributed by atoms with van der Waals surface area (Å²) in [4.78, 5) is 26.1. The minimum Gasteiger partial charge on any atom is -0.481 e. The van der Waals surface area contributed by atoms with E-state index in [1.807, 2.05) is 12.1 Å². The van der Waals surface area contributed by atoms with E-state index in [0.29, 0.717) is 16.7 Å². The van der Waals surface area contributed by atoms with E-state index in [4.69, 9.17) is 15.6 Å². The van der Waals surface area contributed by atoms with Crippen LogP contribution < -0.4 is 10.5 Å². The van der Waals surface area contributed by atoms with Crippen LogP contribution in [-0.2, 0) is 17.6 Å². The molecule has 1 aliphatic rings. The molecular formula is C18H16N2O4. The molecule has 0 aliphatic heterocycles. The number of amides is 1. The van der Waals surface area contributed by atoms with Crippen LogP contribution in [0.2, 0.25) is 0 Å². The van der Waals surface area contributed by atoms with Gasteiger partial charge in [0.05, 0.1) is 10.9 Å². The van der Waals surface area contributed by atoms with Gasteiger partial charge in [0.15, 0.2) is 6.61 Å². The second-order valence-corrected chi connectivity index (χ2v) is 6.02. The highest BCUT2D eigenvalue weighted by atomic mass is 16.5. The Kier molecular flexibility index (Phi) is 3.19. The Hall–Kier alpha value is -3.02. The smallest absolute Gasteiger partial charge is 0.341 e. The largest absolute Gasteiger partial charge is 0.481 e. The van der Waals surface area contributed by atoms with Gasteiger partial charge in [-0.15, -0.1) is 0 Å². The van der Waals surface area contributed by atoms with Crippen molar-refractivity contribution in [3.8, 4) is 5.75 Å². The monoisotopic (exact) mass is 324 g/mol. The van der Waals surface area contributed by atoms with Gasteiger partial charge in [0, 0.05) is 16.5 Å². The van der Waals surface area contributed by atoms with Crippen LogP contribution in [0.1, 0.15) is 27.9 Å². The maximum Gasteiger partial charge on any atom is 0.341 e. The summed E-state index contributed by atoms with van der Waals surface area (Å²) in [6.07, 6.45) is 2.93. The van der Waals surface area contributed by atoms with Gasteiger partial charge in [-0.05, 0) is 48.6 Å².